The van der Waals surface area contributed by atoms with Crippen molar-refractivity contribution in [3.63, 3.8) is 0 Å². The van der Waals surface area contributed by atoms with Crippen LogP contribution in [0, 0.1) is 10.1 Å². The summed E-state index contributed by atoms with van der Waals surface area (Å²) in [5.41, 5.74) is -0.0479. The zero-order chi connectivity index (χ0) is 18.5. The lowest BCUT2D eigenvalue weighted by Crippen LogP contribution is -2.15. The van der Waals surface area contributed by atoms with E-state index >= 15 is 0 Å². The van der Waals surface area contributed by atoms with E-state index < -0.39 is 4.92 Å². The number of anilines is 1. The fourth-order valence-corrected chi connectivity index (χ4v) is 3.23. The maximum absolute atomic E-state index is 12.2. The van der Waals surface area contributed by atoms with E-state index in [1.54, 1.807) is 6.07 Å². The molecule has 0 saturated heterocycles. The molecule has 3 aromatic carbocycles. The van der Waals surface area contributed by atoms with Crippen LogP contribution in [0.3, 0.4) is 0 Å². The second-order valence-corrected chi connectivity index (χ2v) is 6.53. The third-order valence-electron chi connectivity index (χ3n) is 3.77. The summed E-state index contributed by atoms with van der Waals surface area (Å²) in [7, 11) is 1.43. The third kappa shape index (κ3) is 4.12. The summed E-state index contributed by atoms with van der Waals surface area (Å²) in [6, 6.07) is 18.3. The fraction of sp³-hybridized carbons (Fsp3) is 0.105. The van der Waals surface area contributed by atoms with E-state index in [4.69, 9.17) is 4.74 Å². The van der Waals surface area contributed by atoms with Gasteiger partial charge in [-0.05, 0) is 35.0 Å². The molecule has 0 fully saturated rings. The Hall–Kier alpha value is -3.06. The smallest absolute Gasteiger partial charge is 0.296 e. The molecule has 0 atom stereocenters. The number of carbonyl (C=O) groups is 1. The lowest BCUT2D eigenvalue weighted by molar-refractivity contribution is -0.384. The molecule has 0 aliphatic carbocycles. The van der Waals surface area contributed by atoms with Gasteiger partial charge in [0.2, 0.25) is 5.91 Å². The van der Waals surface area contributed by atoms with Crippen molar-refractivity contribution in [3.05, 3.63) is 70.8 Å². The number of nitrogens with one attached hydrogen (secondary N) is 1. The Bertz CT molecular complexity index is 975. The molecule has 0 spiro atoms. The molecule has 0 bridgehead atoms. The molecule has 0 heterocycles. The van der Waals surface area contributed by atoms with E-state index in [2.05, 4.69) is 5.32 Å². The molecule has 0 aliphatic heterocycles. The minimum absolute atomic E-state index is 0.153. The highest BCUT2D eigenvalue weighted by molar-refractivity contribution is 8.00. The lowest BCUT2D eigenvalue weighted by atomic mass is 10.1. The number of hydrogen-bond acceptors (Lipinski definition) is 5. The number of nitro groups is 1. The van der Waals surface area contributed by atoms with E-state index in [-0.39, 0.29) is 23.0 Å². The third-order valence-corrected chi connectivity index (χ3v) is 4.76. The normalized spacial score (nSPS) is 10.5. The van der Waals surface area contributed by atoms with Crippen molar-refractivity contribution in [1.29, 1.82) is 0 Å². The lowest BCUT2D eigenvalue weighted by Gasteiger charge is -2.08. The summed E-state index contributed by atoms with van der Waals surface area (Å²) >= 11 is 1.38. The average molecular weight is 368 g/mol. The first kappa shape index (κ1) is 17.8. The van der Waals surface area contributed by atoms with Crippen molar-refractivity contribution in [2.75, 3.05) is 18.2 Å². The molecule has 0 saturated carbocycles. The molecule has 3 rings (SSSR count). The van der Waals surface area contributed by atoms with Gasteiger partial charge in [0.25, 0.3) is 5.69 Å². The van der Waals surface area contributed by atoms with Crippen LogP contribution in [-0.4, -0.2) is 23.7 Å². The quantitative estimate of drug-likeness (QED) is 0.394. The number of methoxy groups -OCH3 is 1. The van der Waals surface area contributed by atoms with Crippen LogP contribution >= 0.6 is 11.8 Å². The summed E-state index contributed by atoms with van der Waals surface area (Å²) in [4.78, 5) is 23.8. The predicted molar refractivity (Wildman–Crippen MR) is 103 cm³/mol. The first-order valence-electron chi connectivity index (χ1n) is 7.81. The van der Waals surface area contributed by atoms with Gasteiger partial charge in [0.1, 0.15) is 11.4 Å². The van der Waals surface area contributed by atoms with Crippen LogP contribution in [0.15, 0.2) is 65.6 Å². The van der Waals surface area contributed by atoms with Gasteiger partial charge >= 0.3 is 0 Å². The first-order valence-corrected chi connectivity index (χ1v) is 8.79. The summed E-state index contributed by atoms with van der Waals surface area (Å²) in [5, 5.41) is 16.0. The maximum Gasteiger partial charge on any atom is 0.296 e. The van der Waals surface area contributed by atoms with E-state index in [0.717, 1.165) is 15.7 Å². The Morgan fingerprint density at radius 2 is 1.88 bits per heavy atom. The molecular weight excluding hydrogens is 352 g/mol. The summed E-state index contributed by atoms with van der Waals surface area (Å²) in [5.74, 6) is 0.207. The molecule has 3 aromatic rings. The van der Waals surface area contributed by atoms with Crippen molar-refractivity contribution in [1.82, 2.24) is 0 Å². The van der Waals surface area contributed by atoms with E-state index in [0.29, 0.717) is 5.75 Å². The number of ether oxygens (including phenoxy) is 1. The van der Waals surface area contributed by atoms with E-state index in [9.17, 15) is 14.9 Å². The van der Waals surface area contributed by atoms with Crippen molar-refractivity contribution in [2.45, 2.75) is 4.90 Å². The maximum atomic E-state index is 12.2. The van der Waals surface area contributed by atoms with Gasteiger partial charge in [-0.1, -0.05) is 30.3 Å². The van der Waals surface area contributed by atoms with Crippen LogP contribution in [0.5, 0.6) is 5.75 Å². The minimum Gasteiger partial charge on any atom is -0.496 e. The molecule has 6 nitrogen and oxygen atoms in total. The number of nitro benzene ring substituents is 1. The Balaban J connectivity index is 1.67. The van der Waals surface area contributed by atoms with E-state index in [1.807, 2.05) is 42.5 Å². The topological polar surface area (TPSA) is 81.5 Å². The summed E-state index contributed by atoms with van der Waals surface area (Å²) < 4.78 is 4.98. The van der Waals surface area contributed by atoms with Crippen molar-refractivity contribution in [3.8, 4) is 5.75 Å². The van der Waals surface area contributed by atoms with Gasteiger partial charge in [-0.15, -0.1) is 11.8 Å². The molecule has 1 N–H and O–H groups in total. The standard InChI is InChI=1S/C19H16N2O4S/c1-25-15-7-9-17(18(11-15)21(23)24)20-19(22)12-26-16-8-6-13-4-2-3-5-14(13)10-16/h2-11H,12H2,1H3,(H,20,22). The largest absolute Gasteiger partial charge is 0.496 e. The molecular formula is C19H16N2O4S. The van der Waals surface area contributed by atoms with Crippen molar-refractivity contribution in [2.24, 2.45) is 0 Å². The number of thioether (sulfide) groups is 1. The van der Waals surface area contributed by atoms with Gasteiger partial charge in [-0.3, -0.25) is 14.9 Å². The van der Waals surface area contributed by atoms with Gasteiger partial charge in [0.15, 0.2) is 0 Å². The van der Waals surface area contributed by atoms with E-state index in [1.165, 1.54) is 31.0 Å². The Kier molecular flexibility index (Phi) is 5.38. The number of rotatable bonds is 6. The monoisotopic (exact) mass is 368 g/mol. The second-order valence-electron chi connectivity index (χ2n) is 5.49. The fourth-order valence-electron chi connectivity index (χ4n) is 2.49. The van der Waals surface area contributed by atoms with Crippen LogP contribution in [0.25, 0.3) is 10.8 Å². The molecule has 26 heavy (non-hydrogen) atoms. The number of carbonyl (C=O) groups excluding carboxylic acids is 1. The first-order chi connectivity index (χ1) is 12.6. The highest BCUT2D eigenvalue weighted by Gasteiger charge is 2.17. The number of fused-ring (bicyclic) bond motifs is 1. The number of hydrogen-bond donors (Lipinski definition) is 1. The average Bonchev–Trinajstić information content (AvgIpc) is 2.66. The Morgan fingerprint density at radius 3 is 2.62 bits per heavy atom. The zero-order valence-electron chi connectivity index (χ0n) is 14.0. The van der Waals surface area contributed by atoms with Gasteiger partial charge in [0, 0.05) is 4.90 Å². The summed E-state index contributed by atoms with van der Waals surface area (Å²) in [6.07, 6.45) is 0. The molecule has 7 heteroatoms. The predicted octanol–water partition coefficient (Wildman–Crippen LogP) is 4.49. The SMILES string of the molecule is COc1ccc(NC(=O)CSc2ccc3ccccc3c2)c([N+](=O)[O-])c1. The van der Waals surface area contributed by atoms with Crippen LogP contribution < -0.4 is 10.1 Å². The number of benzene rings is 3. The van der Waals surface area contributed by atoms with Crippen LogP contribution in [-0.2, 0) is 4.79 Å². The minimum atomic E-state index is -0.547. The molecule has 0 unspecified atom stereocenters. The Labute approximate surface area is 154 Å². The van der Waals surface area contributed by atoms with Gasteiger partial charge in [-0.25, -0.2) is 0 Å². The number of nitrogens with zero attached hydrogens (tertiary/aromatic N) is 1. The highest BCUT2D eigenvalue weighted by Crippen LogP contribution is 2.29. The molecule has 0 aromatic heterocycles. The summed E-state index contributed by atoms with van der Waals surface area (Å²) in [6.45, 7) is 0. The van der Waals surface area contributed by atoms with Crippen LogP contribution in [0.4, 0.5) is 11.4 Å². The van der Waals surface area contributed by atoms with Crippen molar-refractivity contribution < 1.29 is 14.5 Å². The molecule has 0 radical (unpaired) electrons. The zero-order valence-corrected chi connectivity index (χ0v) is 14.8. The Morgan fingerprint density at radius 1 is 1.12 bits per heavy atom. The molecule has 1 amide bonds. The van der Waals surface area contributed by atoms with Gasteiger partial charge in [-0.2, -0.15) is 0 Å². The molecule has 132 valence electrons. The van der Waals surface area contributed by atoms with Crippen LogP contribution in [0.2, 0.25) is 0 Å². The molecule has 0 aliphatic rings. The highest BCUT2D eigenvalue weighted by atomic mass is 32.2. The van der Waals surface area contributed by atoms with Gasteiger partial charge in [0.05, 0.1) is 23.9 Å². The van der Waals surface area contributed by atoms with Crippen molar-refractivity contribution >= 4 is 39.8 Å². The second kappa shape index (κ2) is 7.88. The van der Waals surface area contributed by atoms with Gasteiger partial charge < -0.3 is 10.1 Å². The number of amides is 1. The van der Waals surface area contributed by atoms with Crippen LogP contribution in [0.1, 0.15) is 0 Å².